The highest BCUT2D eigenvalue weighted by molar-refractivity contribution is 6.30. The largest absolute Gasteiger partial charge is 0.294 e. The Morgan fingerprint density at radius 1 is 1.04 bits per heavy atom. The lowest BCUT2D eigenvalue weighted by atomic mass is 10.1. The normalized spacial score (nSPS) is 14.4. The number of rotatable bonds is 3. The van der Waals surface area contributed by atoms with Crippen LogP contribution in [0, 0.1) is 0 Å². The predicted molar refractivity (Wildman–Crippen MR) is 108 cm³/mol. The van der Waals surface area contributed by atoms with Gasteiger partial charge in [0.15, 0.2) is 5.65 Å². The second-order valence-electron chi connectivity index (χ2n) is 7.00. The van der Waals surface area contributed by atoms with E-state index in [-0.39, 0.29) is 0 Å². The van der Waals surface area contributed by atoms with E-state index in [1.165, 1.54) is 16.8 Å². The number of aromatic nitrogens is 3. The summed E-state index contributed by atoms with van der Waals surface area (Å²) >= 11 is 6.16. The molecular weight excluding hydrogens is 356 g/mol. The van der Waals surface area contributed by atoms with Gasteiger partial charge < -0.3 is 0 Å². The molecule has 134 valence electrons. The van der Waals surface area contributed by atoms with Crippen LogP contribution in [0.25, 0.3) is 16.8 Å². The van der Waals surface area contributed by atoms with Crippen LogP contribution in [0.5, 0.6) is 0 Å². The van der Waals surface area contributed by atoms with Crippen molar-refractivity contribution in [2.45, 2.75) is 19.5 Å². The first-order valence-electron chi connectivity index (χ1n) is 9.14. The molecule has 4 aromatic rings. The Morgan fingerprint density at radius 3 is 2.78 bits per heavy atom. The van der Waals surface area contributed by atoms with Gasteiger partial charge in [-0.2, -0.15) is 5.10 Å². The minimum atomic E-state index is 0.723. The van der Waals surface area contributed by atoms with Gasteiger partial charge in [-0.15, -0.1) is 0 Å². The Labute approximate surface area is 163 Å². The van der Waals surface area contributed by atoms with Crippen LogP contribution in [-0.4, -0.2) is 26.0 Å². The lowest BCUT2D eigenvalue weighted by molar-refractivity contribution is 0.243. The third-order valence-corrected chi connectivity index (χ3v) is 5.34. The zero-order valence-electron chi connectivity index (χ0n) is 14.8. The van der Waals surface area contributed by atoms with E-state index in [1.807, 2.05) is 35.0 Å². The molecule has 5 rings (SSSR count). The Hall–Kier alpha value is -2.69. The van der Waals surface area contributed by atoms with Crippen LogP contribution in [0.1, 0.15) is 16.8 Å². The molecule has 2 aromatic heterocycles. The van der Waals surface area contributed by atoms with Crippen LogP contribution < -0.4 is 0 Å². The highest BCUT2D eigenvalue weighted by atomic mass is 35.5. The summed E-state index contributed by atoms with van der Waals surface area (Å²) in [6.45, 7) is 2.89. The number of benzene rings is 2. The average Bonchev–Trinajstić information content (AvgIpc) is 3.10. The van der Waals surface area contributed by atoms with Crippen molar-refractivity contribution in [2.24, 2.45) is 0 Å². The SMILES string of the molecule is Clc1cccc(-c2cnn3cc4c(nc23)CCN(Cc2ccccc2)C4)c1. The first kappa shape index (κ1) is 16.5. The fraction of sp³-hybridized carbons (Fsp3) is 0.182. The Kier molecular flexibility index (Phi) is 4.15. The lowest BCUT2D eigenvalue weighted by Crippen LogP contribution is -2.31. The summed E-state index contributed by atoms with van der Waals surface area (Å²) in [4.78, 5) is 7.42. The molecule has 0 saturated carbocycles. The van der Waals surface area contributed by atoms with Crippen LogP contribution in [0.15, 0.2) is 67.0 Å². The molecule has 5 heteroatoms. The van der Waals surface area contributed by atoms with E-state index in [9.17, 15) is 0 Å². The summed E-state index contributed by atoms with van der Waals surface area (Å²) in [5.41, 5.74) is 6.74. The maximum atomic E-state index is 6.16. The van der Waals surface area contributed by atoms with Gasteiger partial charge in [0, 0.05) is 48.4 Å². The summed E-state index contributed by atoms with van der Waals surface area (Å²) in [7, 11) is 0. The molecular formula is C22H19ClN4. The molecule has 0 N–H and O–H groups in total. The number of nitrogens with zero attached hydrogens (tertiary/aromatic N) is 4. The fourth-order valence-corrected chi connectivity index (χ4v) is 3.94. The van der Waals surface area contributed by atoms with Crippen LogP contribution in [0.4, 0.5) is 0 Å². The van der Waals surface area contributed by atoms with Gasteiger partial charge in [0.05, 0.1) is 11.9 Å². The molecule has 0 saturated heterocycles. The molecule has 0 aliphatic carbocycles. The second-order valence-corrected chi connectivity index (χ2v) is 7.43. The lowest BCUT2D eigenvalue weighted by Gasteiger charge is -2.28. The molecule has 0 unspecified atom stereocenters. The van der Waals surface area contributed by atoms with Gasteiger partial charge in [0.1, 0.15) is 0 Å². The van der Waals surface area contributed by atoms with Gasteiger partial charge in [-0.25, -0.2) is 9.50 Å². The molecule has 0 bridgehead atoms. The van der Waals surface area contributed by atoms with Crippen molar-refractivity contribution >= 4 is 17.2 Å². The van der Waals surface area contributed by atoms with Gasteiger partial charge in [0.25, 0.3) is 0 Å². The summed E-state index contributed by atoms with van der Waals surface area (Å²) in [5, 5.41) is 5.26. The standard InChI is InChI=1S/C22H19ClN4/c23-19-8-4-7-17(11-19)20-12-24-27-15-18-14-26(10-9-21(18)25-22(20)27)13-16-5-2-1-3-6-16/h1-8,11-12,15H,9-10,13-14H2. The van der Waals surface area contributed by atoms with E-state index in [0.29, 0.717) is 0 Å². The minimum absolute atomic E-state index is 0.723. The van der Waals surface area contributed by atoms with Gasteiger partial charge in [0.2, 0.25) is 0 Å². The molecule has 0 amide bonds. The first-order chi connectivity index (χ1) is 13.3. The van der Waals surface area contributed by atoms with Gasteiger partial charge in [-0.05, 0) is 23.3 Å². The molecule has 1 aliphatic heterocycles. The summed E-state index contributed by atoms with van der Waals surface area (Å²) in [6.07, 6.45) is 4.96. The number of halogens is 1. The number of hydrogen-bond acceptors (Lipinski definition) is 3. The van der Waals surface area contributed by atoms with Crippen molar-refractivity contribution in [3.63, 3.8) is 0 Å². The fourth-order valence-electron chi connectivity index (χ4n) is 3.75. The monoisotopic (exact) mass is 374 g/mol. The van der Waals surface area contributed by atoms with E-state index < -0.39 is 0 Å². The number of hydrogen-bond donors (Lipinski definition) is 0. The molecule has 0 atom stereocenters. The molecule has 4 nitrogen and oxygen atoms in total. The molecule has 2 aromatic carbocycles. The molecule has 3 heterocycles. The second kappa shape index (κ2) is 6.80. The zero-order chi connectivity index (χ0) is 18.2. The summed E-state index contributed by atoms with van der Waals surface area (Å²) in [6, 6.07) is 18.5. The van der Waals surface area contributed by atoms with Gasteiger partial charge in [-0.1, -0.05) is 54.1 Å². The highest BCUT2D eigenvalue weighted by Crippen LogP contribution is 2.28. The van der Waals surface area contributed by atoms with Crippen molar-refractivity contribution in [1.29, 1.82) is 0 Å². The smallest absolute Gasteiger partial charge is 0.163 e. The van der Waals surface area contributed by atoms with Crippen molar-refractivity contribution in [3.8, 4) is 11.1 Å². The van der Waals surface area contributed by atoms with Crippen LogP contribution in [-0.2, 0) is 19.5 Å². The van der Waals surface area contributed by atoms with Crippen LogP contribution in [0.3, 0.4) is 0 Å². The van der Waals surface area contributed by atoms with Gasteiger partial charge >= 0.3 is 0 Å². The highest BCUT2D eigenvalue weighted by Gasteiger charge is 2.20. The molecule has 0 radical (unpaired) electrons. The predicted octanol–water partition coefficient (Wildman–Crippen LogP) is 4.61. The average molecular weight is 375 g/mol. The Balaban J connectivity index is 1.46. The molecule has 0 spiro atoms. The van der Waals surface area contributed by atoms with Crippen LogP contribution >= 0.6 is 11.6 Å². The summed E-state index contributed by atoms with van der Waals surface area (Å²) in [5.74, 6) is 0. The van der Waals surface area contributed by atoms with E-state index in [1.54, 1.807) is 0 Å². The van der Waals surface area contributed by atoms with Crippen molar-refractivity contribution in [1.82, 2.24) is 19.5 Å². The Morgan fingerprint density at radius 2 is 1.93 bits per heavy atom. The van der Waals surface area contributed by atoms with Crippen molar-refractivity contribution in [3.05, 3.63) is 88.8 Å². The number of fused-ring (bicyclic) bond motifs is 2. The van der Waals surface area contributed by atoms with E-state index in [0.717, 1.165) is 47.9 Å². The van der Waals surface area contributed by atoms with Crippen molar-refractivity contribution < 1.29 is 0 Å². The summed E-state index contributed by atoms with van der Waals surface area (Å²) < 4.78 is 1.89. The Bertz CT molecular complexity index is 1100. The topological polar surface area (TPSA) is 33.4 Å². The molecule has 27 heavy (non-hydrogen) atoms. The molecule has 0 fully saturated rings. The van der Waals surface area contributed by atoms with E-state index in [2.05, 4.69) is 46.5 Å². The third kappa shape index (κ3) is 3.22. The minimum Gasteiger partial charge on any atom is -0.294 e. The maximum absolute atomic E-state index is 6.16. The van der Waals surface area contributed by atoms with E-state index in [4.69, 9.17) is 16.6 Å². The van der Waals surface area contributed by atoms with E-state index >= 15 is 0 Å². The van der Waals surface area contributed by atoms with Crippen molar-refractivity contribution in [2.75, 3.05) is 6.54 Å². The third-order valence-electron chi connectivity index (χ3n) is 5.10. The first-order valence-corrected chi connectivity index (χ1v) is 9.52. The van der Waals surface area contributed by atoms with Crippen LogP contribution in [0.2, 0.25) is 5.02 Å². The zero-order valence-corrected chi connectivity index (χ0v) is 15.6. The van der Waals surface area contributed by atoms with Gasteiger partial charge in [-0.3, -0.25) is 4.90 Å². The maximum Gasteiger partial charge on any atom is 0.163 e. The molecule has 1 aliphatic rings. The quantitative estimate of drug-likeness (QED) is 0.525.